The molecule has 2 saturated carbocycles. The number of anilines is 2. The Kier molecular flexibility index (Phi) is 10.7. The Bertz CT molecular complexity index is 3270. The second-order valence-corrected chi connectivity index (χ2v) is 19.8. The van der Waals surface area contributed by atoms with Crippen LogP contribution in [-0.2, 0) is 6.54 Å². The Morgan fingerprint density at radius 3 is 1.90 bits per heavy atom. The Morgan fingerprint density at radius 1 is 0.597 bits per heavy atom. The van der Waals surface area contributed by atoms with Gasteiger partial charge in [0, 0.05) is 55.3 Å². The van der Waals surface area contributed by atoms with Crippen LogP contribution in [-0.4, -0.2) is 42.1 Å². The van der Waals surface area contributed by atoms with E-state index >= 15 is 0 Å². The number of rotatable bonds is 14. The highest BCUT2D eigenvalue weighted by Crippen LogP contribution is 2.62. The number of benzene rings is 6. The first-order valence-electron chi connectivity index (χ1n) is 24.2. The molecule has 4 unspecified atom stereocenters. The van der Waals surface area contributed by atoms with Crippen LogP contribution in [0, 0.1) is 11.8 Å². The summed E-state index contributed by atoms with van der Waals surface area (Å²) in [5, 5.41) is 20.5. The molecule has 67 heavy (non-hydrogen) atoms. The lowest BCUT2D eigenvalue weighted by atomic mass is 9.82. The normalized spacial score (nSPS) is 18.3. The molecule has 3 aromatic heterocycles. The summed E-state index contributed by atoms with van der Waals surface area (Å²) in [5.74, 6) is 1.21. The maximum Gasteiger partial charge on any atom is 0.335 e. The van der Waals surface area contributed by atoms with Crippen molar-refractivity contribution in [2.75, 3.05) is 4.90 Å². The smallest absolute Gasteiger partial charge is 0.335 e. The van der Waals surface area contributed by atoms with Crippen molar-refractivity contribution < 1.29 is 9.90 Å². The maximum atomic E-state index is 12.1. The number of carboxylic acids is 1. The fourth-order valence-corrected chi connectivity index (χ4v) is 12.7. The molecule has 3 aliphatic rings. The third-order valence-electron chi connectivity index (χ3n) is 14.7. The predicted octanol–water partition coefficient (Wildman–Crippen LogP) is 14.9. The van der Waals surface area contributed by atoms with Crippen LogP contribution in [0.4, 0.5) is 11.4 Å². The molecule has 2 fully saturated rings. The SMILES string of the molecule is CCCCCCCCn1nc2c(-c3ccc(C(=O)O)cc3)c3nc(-c4ccccc4)c(-c4ccccc4)nc3c(-c3ccc(-c4ccc(N5c6ccccc6C6C7CCC(C7)C65)cc4)s3)c2n1. The number of aromatic nitrogens is 5. The molecule has 332 valence electrons. The molecule has 1 N–H and O–H groups in total. The number of nitrogens with zero attached hydrogens (tertiary/aromatic N) is 6. The molecule has 2 bridgehead atoms. The van der Waals surface area contributed by atoms with Crippen molar-refractivity contribution in [3.05, 3.63) is 157 Å². The molecule has 6 aromatic carbocycles. The van der Waals surface area contributed by atoms with Gasteiger partial charge in [-0.25, -0.2) is 14.8 Å². The number of hydrogen-bond acceptors (Lipinski definition) is 7. The van der Waals surface area contributed by atoms with Crippen molar-refractivity contribution in [3.63, 3.8) is 0 Å². The zero-order valence-corrected chi connectivity index (χ0v) is 38.5. The number of aromatic carboxylic acids is 1. The van der Waals surface area contributed by atoms with Gasteiger partial charge in [-0.05, 0) is 96.7 Å². The molecule has 9 aromatic rings. The number of hydrogen-bond donors (Lipinski definition) is 1. The minimum atomic E-state index is -0.973. The molecule has 0 saturated heterocycles. The van der Waals surface area contributed by atoms with Crippen molar-refractivity contribution in [1.29, 1.82) is 0 Å². The summed E-state index contributed by atoms with van der Waals surface area (Å²) < 4.78 is 0. The van der Waals surface area contributed by atoms with Crippen LogP contribution in [0.25, 0.3) is 76.6 Å². The quantitative estimate of drug-likeness (QED) is 0.109. The van der Waals surface area contributed by atoms with Gasteiger partial charge in [0.15, 0.2) is 0 Å². The predicted molar refractivity (Wildman–Crippen MR) is 272 cm³/mol. The Hall–Kier alpha value is -6.97. The highest BCUT2D eigenvalue weighted by atomic mass is 32.1. The van der Waals surface area contributed by atoms with Gasteiger partial charge in [-0.2, -0.15) is 15.0 Å². The highest BCUT2D eigenvalue weighted by Gasteiger charge is 2.55. The van der Waals surface area contributed by atoms with Crippen LogP contribution in [0.1, 0.15) is 86.6 Å². The number of thiophene rings is 1. The van der Waals surface area contributed by atoms with Gasteiger partial charge in [-0.15, -0.1) is 11.3 Å². The number of carbonyl (C=O) groups is 1. The van der Waals surface area contributed by atoms with Gasteiger partial charge in [0.1, 0.15) is 22.1 Å². The van der Waals surface area contributed by atoms with Gasteiger partial charge in [-0.1, -0.05) is 142 Å². The Labute approximate surface area is 395 Å². The van der Waals surface area contributed by atoms with Gasteiger partial charge in [0.2, 0.25) is 0 Å². The molecule has 9 heteroatoms. The van der Waals surface area contributed by atoms with Crippen molar-refractivity contribution in [2.24, 2.45) is 11.8 Å². The lowest BCUT2D eigenvalue weighted by molar-refractivity contribution is 0.0697. The van der Waals surface area contributed by atoms with E-state index in [-0.39, 0.29) is 5.56 Å². The standard InChI is InChI=1S/C58H52N6O2S/c1-2-3-4-5-6-15-34-63-61-55-49(37-22-24-40(25-23-37)58(65)66)53-54(60-52(39-18-11-8-12-19-39)51(59-53)38-16-9-7-10-17-38)50(56(55)62-63)47-33-32-46(67-47)36-28-30-43(31-29-36)64-45-21-14-13-20-44(45)48-41-26-27-42(35-41)57(48)64/h7-14,16-25,28-33,41-42,48,57H,2-6,15,26-27,34-35H2,1H3,(H,65,66). The molecule has 1 aliphatic heterocycles. The summed E-state index contributed by atoms with van der Waals surface area (Å²) >= 11 is 1.74. The van der Waals surface area contributed by atoms with Gasteiger partial charge >= 0.3 is 5.97 Å². The number of fused-ring (bicyclic) bond motifs is 9. The average molecular weight is 897 g/mol. The monoisotopic (exact) mass is 896 g/mol. The van der Waals surface area contributed by atoms with E-state index in [2.05, 4.69) is 96.8 Å². The molecule has 4 atom stereocenters. The molecule has 0 amide bonds. The van der Waals surface area contributed by atoms with E-state index in [1.807, 2.05) is 53.3 Å². The van der Waals surface area contributed by atoms with Crippen LogP contribution < -0.4 is 4.90 Å². The van der Waals surface area contributed by atoms with Crippen molar-refractivity contribution in [3.8, 4) is 54.5 Å². The van der Waals surface area contributed by atoms with Gasteiger partial charge in [-0.3, -0.25) is 0 Å². The molecular weight excluding hydrogens is 845 g/mol. The molecule has 0 spiro atoms. The van der Waals surface area contributed by atoms with E-state index in [9.17, 15) is 9.90 Å². The fourth-order valence-electron chi connectivity index (χ4n) is 11.7. The van der Waals surface area contributed by atoms with Crippen LogP contribution in [0.2, 0.25) is 0 Å². The van der Waals surface area contributed by atoms with E-state index in [0.717, 1.165) is 90.2 Å². The summed E-state index contributed by atoms with van der Waals surface area (Å²) in [6.45, 7) is 2.93. The maximum absolute atomic E-state index is 12.1. The molecule has 12 rings (SSSR count). The number of para-hydroxylation sites is 1. The number of aryl methyl sites for hydroxylation is 1. The Balaban J connectivity index is 1.02. The zero-order chi connectivity index (χ0) is 45.0. The minimum Gasteiger partial charge on any atom is -0.478 e. The van der Waals surface area contributed by atoms with E-state index in [1.54, 1.807) is 23.5 Å². The highest BCUT2D eigenvalue weighted by molar-refractivity contribution is 7.19. The van der Waals surface area contributed by atoms with Crippen LogP contribution in [0.15, 0.2) is 146 Å². The zero-order valence-electron chi connectivity index (χ0n) is 37.7. The topological polar surface area (TPSA) is 97.0 Å². The first-order valence-corrected chi connectivity index (χ1v) is 25.0. The first kappa shape index (κ1) is 41.5. The molecule has 4 heterocycles. The molecular formula is C58H52N6O2S. The van der Waals surface area contributed by atoms with Crippen LogP contribution in [0.5, 0.6) is 0 Å². The average Bonchev–Trinajstić information content (AvgIpc) is 4.24. The second kappa shape index (κ2) is 17.4. The molecule has 2 aliphatic carbocycles. The van der Waals surface area contributed by atoms with E-state index in [0.29, 0.717) is 24.0 Å². The lowest BCUT2D eigenvalue weighted by Gasteiger charge is -2.33. The van der Waals surface area contributed by atoms with Crippen molar-refractivity contribution >= 4 is 50.7 Å². The van der Waals surface area contributed by atoms with E-state index in [1.165, 1.54) is 67.4 Å². The molecule has 0 radical (unpaired) electrons. The number of carboxylic acid groups (broad SMARTS) is 1. The van der Waals surface area contributed by atoms with Crippen molar-refractivity contribution in [1.82, 2.24) is 25.0 Å². The second-order valence-electron chi connectivity index (χ2n) is 18.7. The number of unbranched alkanes of at least 4 members (excludes halogenated alkanes) is 5. The van der Waals surface area contributed by atoms with Crippen LogP contribution >= 0.6 is 11.3 Å². The molecule has 8 nitrogen and oxygen atoms in total. The Morgan fingerprint density at radius 2 is 1.19 bits per heavy atom. The summed E-state index contributed by atoms with van der Waals surface area (Å²) in [7, 11) is 0. The fraction of sp³-hybridized carbons (Fsp3) is 0.259. The van der Waals surface area contributed by atoms with Gasteiger partial charge in [0.05, 0.1) is 23.5 Å². The summed E-state index contributed by atoms with van der Waals surface area (Å²) in [5.41, 5.74) is 14.4. The van der Waals surface area contributed by atoms with Gasteiger partial charge < -0.3 is 10.0 Å². The summed E-state index contributed by atoms with van der Waals surface area (Å²) in [4.78, 5) is 30.1. The third kappa shape index (κ3) is 7.31. The largest absolute Gasteiger partial charge is 0.478 e. The van der Waals surface area contributed by atoms with Crippen LogP contribution in [0.3, 0.4) is 0 Å². The minimum absolute atomic E-state index is 0.217. The summed E-state index contributed by atoms with van der Waals surface area (Å²) in [6, 6.07) is 50.9. The lowest BCUT2D eigenvalue weighted by Crippen LogP contribution is -2.35. The van der Waals surface area contributed by atoms with Crippen molar-refractivity contribution in [2.45, 2.75) is 83.2 Å². The first-order chi connectivity index (χ1) is 33.0. The summed E-state index contributed by atoms with van der Waals surface area (Å²) in [6.07, 6.45) is 11.0. The third-order valence-corrected chi connectivity index (χ3v) is 15.9. The van der Waals surface area contributed by atoms with E-state index < -0.39 is 5.97 Å². The van der Waals surface area contributed by atoms with Gasteiger partial charge in [0.25, 0.3) is 0 Å². The van der Waals surface area contributed by atoms with E-state index in [4.69, 9.17) is 20.2 Å².